The standard InChI is InChI=1S/C9H15N5.2ClH/c10-7-2-5-14(6-3-7)8-1-4-12-9(11)13-8;;/h1,4,7H,2-3,5-6,10H2,(H2,11,12,13);2*1H. The third kappa shape index (κ3) is 3.66. The van der Waals surface area contributed by atoms with Crippen molar-refractivity contribution in [3.8, 4) is 0 Å². The maximum atomic E-state index is 5.82. The van der Waals surface area contributed by atoms with Crippen molar-refractivity contribution >= 4 is 36.6 Å². The molecule has 0 radical (unpaired) electrons. The third-order valence-corrected chi connectivity index (χ3v) is 2.52. The van der Waals surface area contributed by atoms with E-state index < -0.39 is 0 Å². The molecule has 1 aromatic heterocycles. The van der Waals surface area contributed by atoms with E-state index in [9.17, 15) is 0 Å². The van der Waals surface area contributed by atoms with Crippen molar-refractivity contribution in [2.75, 3.05) is 23.7 Å². The summed E-state index contributed by atoms with van der Waals surface area (Å²) in [5.74, 6) is 1.24. The first-order chi connectivity index (χ1) is 6.75. The summed E-state index contributed by atoms with van der Waals surface area (Å²) in [5.41, 5.74) is 11.3. The Morgan fingerprint density at radius 3 is 2.44 bits per heavy atom. The fraction of sp³-hybridized carbons (Fsp3) is 0.556. The summed E-state index contributed by atoms with van der Waals surface area (Å²) in [7, 11) is 0. The number of anilines is 2. The molecule has 1 aromatic rings. The molecule has 5 nitrogen and oxygen atoms in total. The van der Waals surface area contributed by atoms with E-state index in [1.165, 1.54) is 0 Å². The first kappa shape index (κ1) is 15.2. The van der Waals surface area contributed by atoms with Gasteiger partial charge in [-0.1, -0.05) is 0 Å². The smallest absolute Gasteiger partial charge is 0.221 e. The highest BCUT2D eigenvalue weighted by Crippen LogP contribution is 2.16. The van der Waals surface area contributed by atoms with Crippen LogP contribution in [-0.4, -0.2) is 29.1 Å². The molecule has 92 valence electrons. The van der Waals surface area contributed by atoms with Crippen molar-refractivity contribution in [3.05, 3.63) is 12.3 Å². The van der Waals surface area contributed by atoms with E-state index in [4.69, 9.17) is 11.5 Å². The van der Waals surface area contributed by atoms with Crippen molar-refractivity contribution in [2.24, 2.45) is 5.73 Å². The lowest BCUT2D eigenvalue weighted by molar-refractivity contribution is 0.498. The van der Waals surface area contributed by atoms with Gasteiger partial charge < -0.3 is 16.4 Å². The maximum Gasteiger partial charge on any atom is 0.221 e. The zero-order chi connectivity index (χ0) is 9.97. The molecule has 0 unspecified atom stereocenters. The molecule has 1 saturated heterocycles. The van der Waals surface area contributed by atoms with Crippen LogP contribution in [-0.2, 0) is 0 Å². The van der Waals surface area contributed by atoms with Gasteiger partial charge in [0.25, 0.3) is 0 Å². The van der Waals surface area contributed by atoms with Crippen molar-refractivity contribution < 1.29 is 0 Å². The monoisotopic (exact) mass is 265 g/mol. The minimum Gasteiger partial charge on any atom is -0.368 e. The van der Waals surface area contributed by atoms with Gasteiger partial charge in [0, 0.05) is 25.3 Å². The molecular formula is C9H17Cl2N5. The van der Waals surface area contributed by atoms with Crippen molar-refractivity contribution in [1.82, 2.24) is 9.97 Å². The summed E-state index contributed by atoms with van der Waals surface area (Å²) in [6.07, 6.45) is 3.72. The van der Waals surface area contributed by atoms with Crippen molar-refractivity contribution in [1.29, 1.82) is 0 Å². The van der Waals surface area contributed by atoms with E-state index in [0.29, 0.717) is 12.0 Å². The van der Waals surface area contributed by atoms with Crippen LogP contribution in [0.1, 0.15) is 12.8 Å². The summed E-state index contributed by atoms with van der Waals surface area (Å²) in [6.45, 7) is 1.91. The lowest BCUT2D eigenvalue weighted by atomic mass is 10.1. The number of hydrogen-bond acceptors (Lipinski definition) is 5. The van der Waals surface area contributed by atoms with Gasteiger partial charge in [0.05, 0.1) is 0 Å². The average molecular weight is 266 g/mol. The minimum absolute atomic E-state index is 0. The number of nitrogens with zero attached hydrogens (tertiary/aromatic N) is 3. The number of piperidine rings is 1. The van der Waals surface area contributed by atoms with E-state index in [0.717, 1.165) is 31.7 Å². The van der Waals surface area contributed by atoms with Gasteiger partial charge in [0.2, 0.25) is 5.95 Å². The Hall–Kier alpha value is -0.780. The van der Waals surface area contributed by atoms with Gasteiger partial charge in [0.1, 0.15) is 5.82 Å². The molecule has 0 amide bonds. The fourth-order valence-electron chi connectivity index (χ4n) is 1.67. The second-order valence-electron chi connectivity index (χ2n) is 3.60. The van der Waals surface area contributed by atoms with Crippen LogP contribution in [0.15, 0.2) is 12.3 Å². The van der Waals surface area contributed by atoms with Crippen LogP contribution in [0.5, 0.6) is 0 Å². The molecule has 2 rings (SSSR count). The number of halogens is 2. The largest absolute Gasteiger partial charge is 0.368 e. The van der Waals surface area contributed by atoms with Crippen LogP contribution < -0.4 is 16.4 Å². The Labute approximate surface area is 107 Å². The highest BCUT2D eigenvalue weighted by atomic mass is 35.5. The second kappa shape index (κ2) is 6.73. The number of nitrogen functional groups attached to an aromatic ring is 1. The second-order valence-corrected chi connectivity index (χ2v) is 3.60. The number of hydrogen-bond donors (Lipinski definition) is 2. The summed E-state index contributed by atoms with van der Waals surface area (Å²) in [4.78, 5) is 10.2. The fourth-order valence-corrected chi connectivity index (χ4v) is 1.67. The van der Waals surface area contributed by atoms with Gasteiger partial charge in [-0.3, -0.25) is 0 Å². The molecule has 0 bridgehead atoms. The van der Waals surface area contributed by atoms with Gasteiger partial charge in [0.15, 0.2) is 0 Å². The molecule has 7 heteroatoms. The predicted molar refractivity (Wildman–Crippen MR) is 70.4 cm³/mol. The van der Waals surface area contributed by atoms with Crippen LogP contribution in [0, 0.1) is 0 Å². The number of aromatic nitrogens is 2. The Balaban J connectivity index is 0.00000112. The van der Waals surface area contributed by atoms with Crippen LogP contribution in [0.4, 0.5) is 11.8 Å². The van der Waals surface area contributed by atoms with E-state index in [1.807, 2.05) is 6.07 Å². The first-order valence-electron chi connectivity index (χ1n) is 4.85. The van der Waals surface area contributed by atoms with Crippen LogP contribution >= 0.6 is 24.8 Å². The number of rotatable bonds is 1. The van der Waals surface area contributed by atoms with Crippen molar-refractivity contribution in [3.63, 3.8) is 0 Å². The Morgan fingerprint density at radius 1 is 1.25 bits per heavy atom. The minimum atomic E-state index is 0. The topological polar surface area (TPSA) is 81.1 Å². The summed E-state index contributed by atoms with van der Waals surface area (Å²) < 4.78 is 0. The molecule has 0 spiro atoms. The van der Waals surface area contributed by atoms with E-state index in [2.05, 4.69) is 14.9 Å². The zero-order valence-electron chi connectivity index (χ0n) is 8.87. The molecule has 0 aliphatic carbocycles. The molecule has 1 aliphatic heterocycles. The summed E-state index contributed by atoms with van der Waals surface area (Å²) >= 11 is 0. The SMILES string of the molecule is Cl.Cl.Nc1nccc(N2CCC(N)CC2)n1. The van der Waals surface area contributed by atoms with Gasteiger partial charge in [-0.05, 0) is 18.9 Å². The lowest BCUT2D eigenvalue weighted by Crippen LogP contribution is -2.40. The van der Waals surface area contributed by atoms with Gasteiger partial charge in [-0.15, -0.1) is 24.8 Å². The average Bonchev–Trinajstić information content (AvgIpc) is 2.19. The first-order valence-corrected chi connectivity index (χ1v) is 4.85. The van der Waals surface area contributed by atoms with Gasteiger partial charge in [-0.25, -0.2) is 4.98 Å². The molecule has 16 heavy (non-hydrogen) atoms. The summed E-state index contributed by atoms with van der Waals surface area (Å²) in [5, 5.41) is 0. The molecule has 2 heterocycles. The zero-order valence-corrected chi connectivity index (χ0v) is 10.5. The highest BCUT2D eigenvalue weighted by molar-refractivity contribution is 5.85. The highest BCUT2D eigenvalue weighted by Gasteiger charge is 2.17. The van der Waals surface area contributed by atoms with E-state index in [-0.39, 0.29) is 24.8 Å². The van der Waals surface area contributed by atoms with Crippen LogP contribution in [0.2, 0.25) is 0 Å². The summed E-state index contributed by atoms with van der Waals surface area (Å²) in [6, 6.07) is 2.22. The Morgan fingerprint density at radius 2 is 1.88 bits per heavy atom. The van der Waals surface area contributed by atoms with Gasteiger partial charge >= 0.3 is 0 Å². The molecule has 4 N–H and O–H groups in total. The Bertz CT molecular complexity index is 315. The molecule has 0 atom stereocenters. The number of nitrogens with two attached hydrogens (primary N) is 2. The van der Waals surface area contributed by atoms with Crippen LogP contribution in [0.3, 0.4) is 0 Å². The van der Waals surface area contributed by atoms with E-state index in [1.54, 1.807) is 6.20 Å². The molecular weight excluding hydrogens is 249 g/mol. The predicted octanol–water partition coefficient (Wildman–Crippen LogP) is 0.830. The van der Waals surface area contributed by atoms with Crippen molar-refractivity contribution in [2.45, 2.75) is 18.9 Å². The maximum absolute atomic E-state index is 5.82. The lowest BCUT2D eigenvalue weighted by Gasteiger charge is -2.30. The van der Waals surface area contributed by atoms with Gasteiger partial charge in [-0.2, -0.15) is 4.98 Å². The molecule has 0 aromatic carbocycles. The quantitative estimate of drug-likeness (QED) is 0.786. The normalized spacial score (nSPS) is 16.2. The molecule has 0 saturated carbocycles. The van der Waals surface area contributed by atoms with E-state index >= 15 is 0 Å². The van der Waals surface area contributed by atoms with Crippen LogP contribution in [0.25, 0.3) is 0 Å². The molecule has 1 fully saturated rings. The molecule has 1 aliphatic rings. The third-order valence-electron chi connectivity index (χ3n) is 2.52. The Kier molecular flexibility index (Phi) is 6.40.